The van der Waals surface area contributed by atoms with Crippen molar-refractivity contribution in [2.75, 3.05) is 37.3 Å². The Balaban J connectivity index is 1.89. The van der Waals surface area contributed by atoms with E-state index >= 15 is 0 Å². The summed E-state index contributed by atoms with van der Waals surface area (Å²) >= 11 is 1.75. The van der Waals surface area contributed by atoms with Gasteiger partial charge in [0.25, 0.3) is 0 Å². The van der Waals surface area contributed by atoms with E-state index in [0.717, 1.165) is 13.1 Å². The van der Waals surface area contributed by atoms with Gasteiger partial charge in [-0.05, 0) is 51.3 Å². The molecule has 1 aromatic rings. The van der Waals surface area contributed by atoms with E-state index in [1.54, 1.807) is 16.7 Å². The van der Waals surface area contributed by atoms with E-state index in [-0.39, 0.29) is 6.09 Å². The lowest BCUT2D eigenvalue weighted by molar-refractivity contribution is 0.0240. The van der Waals surface area contributed by atoms with Crippen LogP contribution < -0.4 is 4.90 Å². The number of piperazine rings is 1. The lowest BCUT2D eigenvalue weighted by atomic mass is 10.2. The standard InChI is InChI=1S/C16H24N2O2S/c1-16(2,3)20-15(19)18-11-9-17(10-12-18)13-5-7-14(21-4)8-6-13/h5-8H,9-12H2,1-4H3. The van der Waals surface area contributed by atoms with Crippen molar-refractivity contribution in [3.63, 3.8) is 0 Å². The van der Waals surface area contributed by atoms with Gasteiger partial charge in [-0.2, -0.15) is 0 Å². The second-order valence-electron chi connectivity index (χ2n) is 6.15. The summed E-state index contributed by atoms with van der Waals surface area (Å²) in [6.45, 7) is 8.80. The molecular weight excluding hydrogens is 284 g/mol. The molecule has 0 bridgehead atoms. The van der Waals surface area contributed by atoms with Crippen LogP contribution in [0.5, 0.6) is 0 Å². The Labute approximate surface area is 131 Å². The fourth-order valence-electron chi connectivity index (χ4n) is 2.27. The van der Waals surface area contributed by atoms with Gasteiger partial charge < -0.3 is 14.5 Å². The van der Waals surface area contributed by atoms with Crippen molar-refractivity contribution in [2.45, 2.75) is 31.3 Å². The van der Waals surface area contributed by atoms with Crippen molar-refractivity contribution in [1.29, 1.82) is 0 Å². The maximum absolute atomic E-state index is 12.0. The molecule has 1 saturated heterocycles. The highest BCUT2D eigenvalue weighted by atomic mass is 32.2. The van der Waals surface area contributed by atoms with Gasteiger partial charge in [0.15, 0.2) is 0 Å². The van der Waals surface area contributed by atoms with Crippen LogP contribution in [0.25, 0.3) is 0 Å². The van der Waals surface area contributed by atoms with Crippen LogP contribution in [0.15, 0.2) is 29.2 Å². The van der Waals surface area contributed by atoms with Gasteiger partial charge in [0.05, 0.1) is 0 Å². The zero-order chi connectivity index (χ0) is 15.5. The van der Waals surface area contributed by atoms with E-state index in [1.807, 2.05) is 20.8 Å². The number of carbonyl (C=O) groups is 1. The van der Waals surface area contributed by atoms with Crippen molar-refractivity contribution >= 4 is 23.5 Å². The second kappa shape index (κ2) is 6.60. The van der Waals surface area contributed by atoms with E-state index in [1.165, 1.54) is 10.6 Å². The summed E-state index contributed by atoms with van der Waals surface area (Å²) in [5.41, 5.74) is 0.790. The highest BCUT2D eigenvalue weighted by molar-refractivity contribution is 7.98. The molecule has 1 amide bonds. The third-order valence-electron chi connectivity index (χ3n) is 3.37. The number of rotatable bonds is 2. The molecule has 0 radical (unpaired) electrons. The summed E-state index contributed by atoms with van der Waals surface area (Å²) in [4.78, 5) is 17.4. The Kier molecular flexibility index (Phi) is 5.04. The summed E-state index contributed by atoms with van der Waals surface area (Å²) in [5, 5.41) is 0. The van der Waals surface area contributed by atoms with Gasteiger partial charge in [-0.25, -0.2) is 4.79 Å². The average molecular weight is 308 g/mol. The maximum Gasteiger partial charge on any atom is 0.410 e. The highest BCUT2D eigenvalue weighted by Gasteiger charge is 2.25. The number of thioether (sulfide) groups is 1. The zero-order valence-corrected chi connectivity index (χ0v) is 14.1. The molecule has 1 aliphatic heterocycles. The summed E-state index contributed by atoms with van der Waals surface area (Å²) in [7, 11) is 0. The predicted molar refractivity (Wildman–Crippen MR) is 88.2 cm³/mol. The van der Waals surface area contributed by atoms with Crippen LogP contribution in [0.2, 0.25) is 0 Å². The maximum atomic E-state index is 12.0. The predicted octanol–water partition coefficient (Wildman–Crippen LogP) is 3.47. The minimum atomic E-state index is -0.429. The Morgan fingerprint density at radius 2 is 1.67 bits per heavy atom. The molecule has 1 aromatic carbocycles. The largest absolute Gasteiger partial charge is 0.444 e. The fraction of sp³-hybridized carbons (Fsp3) is 0.562. The number of benzene rings is 1. The van der Waals surface area contributed by atoms with Crippen LogP contribution in [0, 0.1) is 0 Å². The van der Waals surface area contributed by atoms with Crippen LogP contribution in [0.3, 0.4) is 0 Å². The Morgan fingerprint density at radius 3 is 2.14 bits per heavy atom. The fourth-order valence-corrected chi connectivity index (χ4v) is 2.67. The molecule has 0 atom stereocenters. The molecule has 0 saturated carbocycles. The summed E-state index contributed by atoms with van der Waals surface area (Å²) in [5.74, 6) is 0. The smallest absolute Gasteiger partial charge is 0.410 e. The van der Waals surface area contributed by atoms with Gasteiger partial charge in [0, 0.05) is 36.8 Å². The Bertz CT molecular complexity index is 474. The number of carbonyl (C=O) groups excluding carboxylic acids is 1. The quantitative estimate of drug-likeness (QED) is 0.783. The summed E-state index contributed by atoms with van der Waals surface area (Å²) < 4.78 is 5.41. The van der Waals surface area contributed by atoms with Crippen molar-refractivity contribution in [3.8, 4) is 0 Å². The van der Waals surface area contributed by atoms with E-state index in [4.69, 9.17) is 4.74 Å². The molecule has 2 rings (SSSR count). The molecule has 0 N–H and O–H groups in total. The van der Waals surface area contributed by atoms with Gasteiger partial charge >= 0.3 is 6.09 Å². The first-order valence-corrected chi connectivity index (χ1v) is 8.48. The van der Waals surface area contributed by atoms with E-state index in [2.05, 4.69) is 35.4 Å². The number of nitrogens with zero attached hydrogens (tertiary/aromatic N) is 2. The Hall–Kier alpha value is -1.36. The number of ether oxygens (including phenoxy) is 1. The second-order valence-corrected chi connectivity index (χ2v) is 7.03. The lowest BCUT2D eigenvalue weighted by Crippen LogP contribution is -2.50. The summed E-state index contributed by atoms with van der Waals surface area (Å²) in [6, 6.07) is 8.57. The monoisotopic (exact) mass is 308 g/mol. The normalized spacial score (nSPS) is 16.0. The van der Waals surface area contributed by atoms with Gasteiger partial charge in [0.2, 0.25) is 0 Å². The topological polar surface area (TPSA) is 32.8 Å². The Morgan fingerprint density at radius 1 is 1.10 bits per heavy atom. The highest BCUT2D eigenvalue weighted by Crippen LogP contribution is 2.22. The molecule has 5 heteroatoms. The molecule has 0 unspecified atom stereocenters. The van der Waals surface area contributed by atoms with Crippen molar-refractivity contribution in [2.24, 2.45) is 0 Å². The van der Waals surface area contributed by atoms with Gasteiger partial charge in [-0.1, -0.05) is 0 Å². The van der Waals surface area contributed by atoms with Gasteiger partial charge in [-0.15, -0.1) is 11.8 Å². The molecule has 21 heavy (non-hydrogen) atoms. The molecule has 1 aliphatic rings. The molecule has 4 nitrogen and oxygen atoms in total. The van der Waals surface area contributed by atoms with E-state index in [0.29, 0.717) is 13.1 Å². The molecule has 0 aromatic heterocycles. The van der Waals surface area contributed by atoms with Crippen molar-refractivity contribution in [3.05, 3.63) is 24.3 Å². The van der Waals surface area contributed by atoms with Crippen LogP contribution in [0.1, 0.15) is 20.8 Å². The zero-order valence-electron chi connectivity index (χ0n) is 13.3. The minimum Gasteiger partial charge on any atom is -0.444 e. The van der Waals surface area contributed by atoms with Crippen LogP contribution in [-0.4, -0.2) is 49.0 Å². The molecular formula is C16H24N2O2S. The van der Waals surface area contributed by atoms with Crippen LogP contribution in [0.4, 0.5) is 10.5 Å². The minimum absolute atomic E-state index is 0.208. The van der Waals surface area contributed by atoms with Crippen LogP contribution in [-0.2, 0) is 4.74 Å². The molecule has 1 fully saturated rings. The first-order valence-electron chi connectivity index (χ1n) is 7.26. The number of hydrogen-bond acceptors (Lipinski definition) is 4. The van der Waals surface area contributed by atoms with Gasteiger partial charge in [0.1, 0.15) is 5.60 Å². The summed E-state index contributed by atoms with van der Waals surface area (Å²) in [6.07, 6.45) is 1.87. The van der Waals surface area contributed by atoms with E-state index in [9.17, 15) is 4.79 Å². The third-order valence-corrected chi connectivity index (χ3v) is 4.11. The van der Waals surface area contributed by atoms with Crippen molar-refractivity contribution in [1.82, 2.24) is 4.90 Å². The third kappa shape index (κ3) is 4.56. The number of anilines is 1. The number of hydrogen-bond donors (Lipinski definition) is 0. The average Bonchev–Trinajstić information content (AvgIpc) is 2.46. The van der Waals surface area contributed by atoms with Gasteiger partial charge in [-0.3, -0.25) is 0 Å². The molecule has 0 aliphatic carbocycles. The first kappa shape index (κ1) is 16.0. The molecule has 1 heterocycles. The van der Waals surface area contributed by atoms with Crippen molar-refractivity contribution < 1.29 is 9.53 Å². The molecule has 116 valence electrons. The first-order chi connectivity index (χ1) is 9.89. The van der Waals surface area contributed by atoms with E-state index < -0.39 is 5.60 Å². The molecule has 0 spiro atoms. The van der Waals surface area contributed by atoms with Crippen LogP contribution >= 0.6 is 11.8 Å². The number of amides is 1. The lowest BCUT2D eigenvalue weighted by Gasteiger charge is -2.36. The SMILES string of the molecule is CSc1ccc(N2CCN(C(=O)OC(C)(C)C)CC2)cc1.